The van der Waals surface area contributed by atoms with Gasteiger partial charge in [-0.1, -0.05) is 29.8 Å². The average Bonchev–Trinajstić information content (AvgIpc) is 2.59. The van der Waals surface area contributed by atoms with E-state index in [4.69, 9.17) is 11.6 Å². The number of aromatic hydroxyl groups is 1. The molecule has 0 spiro atoms. The summed E-state index contributed by atoms with van der Waals surface area (Å²) in [5.74, 6) is -0.989. The van der Waals surface area contributed by atoms with E-state index in [0.717, 1.165) is 5.56 Å². The van der Waals surface area contributed by atoms with Crippen LogP contribution in [-0.2, 0) is 6.54 Å². The van der Waals surface area contributed by atoms with Gasteiger partial charge in [0.15, 0.2) is 0 Å². The van der Waals surface area contributed by atoms with Gasteiger partial charge >= 0.3 is 0 Å². The smallest absolute Gasteiger partial charge is 0.267 e. The Bertz CT molecular complexity index is 1040. The van der Waals surface area contributed by atoms with Crippen molar-refractivity contribution in [1.29, 1.82) is 0 Å². The number of carbonyl (C=O) groups excluding carboxylic acids is 1. The zero-order chi connectivity index (χ0) is 18.1. The largest absolute Gasteiger partial charge is 0.506 e. The van der Waals surface area contributed by atoms with Crippen LogP contribution in [0.2, 0.25) is 5.02 Å². The van der Waals surface area contributed by atoms with Crippen LogP contribution >= 0.6 is 11.6 Å². The Morgan fingerprint density at radius 3 is 2.64 bits per heavy atom. The van der Waals surface area contributed by atoms with Crippen molar-refractivity contribution in [3.8, 4) is 5.75 Å². The topological polar surface area (TPSA) is 71.3 Å². The van der Waals surface area contributed by atoms with Crippen molar-refractivity contribution in [2.45, 2.75) is 20.4 Å². The first-order valence-electron chi connectivity index (χ1n) is 7.86. The van der Waals surface area contributed by atoms with Gasteiger partial charge in [-0.05, 0) is 43.7 Å². The molecular formula is C19H17ClN2O3. The molecule has 0 saturated carbocycles. The van der Waals surface area contributed by atoms with Crippen LogP contribution in [0.5, 0.6) is 5.75 Å². The Hall–Kier alpha value is -2.79. The zero-order valence-corrected chi connectivity index (χ0v) is 14.6. The van der Waals surface area contributed by atoms with E-state index in [-0.39, 0.29) is 11.3 Å². The molecule has 3 rings (SSSR count). The molecule has 0 atom stereocenters. The number of benzene rings is 2. The summed E-state index contributed by atoms with van der Waals surface area (Å²) in [6, 6.07) is 12.0. The zero-order valence-electron chi connectivity index (χ0n) is 13.8. The quantitative estimate of drug-likeness (QED) is 0.746. The maximum Gasteiger partial charge on any atom is 0.267 e. The van der Waals surface area contributed by atoms with E-state index in [1.54, 1.807) is 42.5 Å². The van der Waals surface area contributed by atoms with E-state index in [1.165, 1.54) is 4.57 Å². The Morgan fingerprint density at radius 2 is 1.96 bits per heavy atom. The maximum atomic E-state index is 12.7. The fourth-order valence-electron chi connectivity index (χ4n) is 2.77. The predicted molar refractivity (Wildman–Crippen MR) is 99.7 cm³/mol. The lowest BCUT2D eigenvalue weighted by atomic mass is 10.1. The highest BCUT2D eigenvalue weighted by Crippen LogP contribution is 2.27. The maximum absolute atomic E-state index is 12.7. The SMILES string of the molecule is CCn1c(=O)c(C(=O)Nc2ccc(C)c(Cl)c2)c(O)c2ccccc21. The highest BCUT2D eigenvalue weighted by Gasteiger charge is 2.21. The fraction of sp³-hybridized carbons (Fsp3) is 0.158. The van der Waals surface area contributed by atoms with Crippen LogP contribution in [0.25, 0.3) is 10.9 Å². The summed E-state index contributed by atoms with van der Waals surface area (Å²) in [6.07, 6.45) is 0. The van der Waals surface area contributed by atoms with Gasteiger partial charge in [-0.15, -0.1) is 0 Å². The van der Waals surface area contributed by atoms with Crippen molar-refractivity contribution in [3.63, 3.8) is 0 Å². The third-order valence-corrected chi connectivity index (χ3v) is 4.53. The molecule has 0 aliphatic rings. The number of fused-ring (bicyclic) bond motifs is 1. The molecule has 0 saturated heterocycles. The van der Waals surface area contributed by atoms with Crippen molar-refractivity contribution >= 4 is 34.1 Å². The van der Waals surface area contributed by atoms with E-state index in [2.05, 4.69) is 5.32 Å². The number of aromatic nitrogens is 1. The van der Waals surface area contributed by atoms with Crippen LogP contribution in [-0.4, -0.2) is 15.6 Å². The second-order valence-corrected chi connectivity index (χ2v) is 6.12. The van der Waals surface area contributed by atoms with Gasteiger partial charge in [0.1, 0.15) is 11.3 Å². The third kappa shape index (κ3) is 2.98. The van der Waals surface area contributed by atoms with E-state index in [9.17, 15) is 14.7 Å². The van der Waals surface area contributed by atoms with Gasteiger partial charge in [-0.3, -0.25) is 9.59 Å². The molecule has 0 bridgehead atoms. The molecular weight excluding hydrogens is 340 g/mol. The van der Waals surface area contributed by atoms with Crippen LogP contribution in [0.4, 0.5) is 5.69 Å². The van der Waals surface area contributed by atoms with Crippen LogP contribution in [0.1, 0.15) is 22.8 Å². The molecule has 3 aromatic rings. The van der Waals surface area contributed by atoms with Crippen molar-refractivity contribution in [1.82, 2.24) is 4.57 Å². The number of rotatable bonds is 3. The summed E-state index contributed by atoms with van der Waals surface area (Å²) < 4.78 is 1.46. The lowest BCUT2D eigenvalue weighted by molar-refractivity contribution is 0.102. The Balaban J connectivity index is 2.13. The van der Waals surface area contributed by atoms with Crippen LogP contribution < -0.4 is 10.9 Å². The van der Waals surface area contributed by atoms with Gasteiger partial charge < -0.3 is 15.0 Å². The van der Waals surface area contributed by atoms with Gasteiger partial charge in [-0.2, -0.15) is 0 Å². The highest BCUT2D eigenvalue weighted by molar-refractivity contribution is 6.31. The van der Waals surface area contributed by atoms with Gasteiger partial charge in [0.2, 0.25) is 0 Å². The number of para-hydroxylation sites is 1. The summed E-state index contributed by atoms with van der Waals surface area (Å²) in [7, 11) is 0. The molecule has 0 radical (unpaired) electrons. The monoisotopic (exact) mass is 356 g/mol. The molecule has 0 fully saturated rings. The van der Waals surface area contributed by atoms with E-state index in [1.807, 2.05) is 13.8 Å². The number of pyridine rings is 1. The molecule has 1 aromatic heterocycles. The second-order valence-electron chi connectivity index (χ2n) is 5.71. The van der Waals surface area contributed by atoms with Gasteiger partial charge in [0, 0.05) is 22.6 Å². The van der Waals surface area contributed by atoms with Crippen molar-refractivity contribution in [3.05, 3.63) is 69.0 Å². The first-order valence-corrected chi connectivity index (χ1v) is 8.23. The molecule has 1 heterocycles. The number of hydrogen-bond donors (Lipinski definition) is 2. The molecule has 5 nitrogen and oxygen atoms in total. The molecule has 128 valence electrons. The van der Waals surface area contributed by atoms with Crippen LogP contribution in [0.15, 0.2) is 47.3 Å². The number of halogens is 1. The molecule has 0 aliphatic carbocycles. The minimum Gasteiger partial charge on any atom is -0.506 e. The lowest BCUT2D eigenvalue weighted by Crippen LogP contribution is -2.29. The first-order chi connectivity index (χ1) is 11.9. The minimum atomic E-state index is -0.671. The Labute approximate surface area is 149 Å². The number of amides is 1. The van der Waals surface area contributed by atoms with Crippen LogP contribution in [0.3, 0.4) is 0 Å². The predicted octanol–water partition coefficient (Wildman–Crippen LogP) is 3.94. The first kappa shape index (κ1) is 17.0. The number of aryl methyl sites for hydroxylation is 2. The number of carbonyl (C=O) groups is 1. The van der Waals surface area contributed by atoms with Gasteiger partial charge in [-0.25, -0.2) is 0 Å². The summed E-state index contributed by atoms with van der Waals surface area (Å²) in [5.41, 5.74) is 1.10. The number of nitrogens with one attached hydrogen (secondary N) is 1. The number of nitrogens with zero attached hydrogens (tertiary/aromatic N) is 1. The standard InChI is InChI=1S/C19H17ClN2O3/c1-3-22-15-7-5-4-6-13(15)17(23)16(19(22)25)18(24)21-12-9-8-11(2)14(20)10-12/h4-10,23H,3H2,1-2H3,(H,21,24). The third-order valence-electron chi connectivity index (χ3n) is 4.12. The van der Waals surface area contributed by atoms with Crippen molar-refractivity contribution in [2.24, 2.45) is 0 Å². The molecule has 2 aromatic carbocycles. The number of anilines is 1. The molecule has 2 N–H and O–H groups in total. The summed E-state index contributed by atoms with van der Waals surface area (Å²) in [5, 5.41) is 14.1. The van der Waals surface area contributed by atoms with Gasteiger partial charge in [0.05, 0.1) is 5.52 Å². The van der Waals surface area contributed by atoms with Crippen molar-refractivity contribution < 1.29 is 9.90 Å². The molecule has 1 amide bonds. The van der Waals surface area contributed by atoms with Crippen LogP contribution in [0, 0.1) is 6.92 Å². The summed E-state index contributed by atoms with van der Waals surface area (Å²) in [4.78, 5) is 25.3. The van der Waals surface area contributed by atoms with Gasteiger partial charge in [0.25, 0.3) is 11.5 Å². The fourth-order valence-corrected chi connectivity index (χ4v) is 2.95. The lowest BCUT2D eigenvalue weighted by Gasteiger charge is -2.14. The Morgan fingerprint density at radius 1 is 1.24 bits per heavy atom. The summed E-state index contributed by atoms with van der Waals surface area (Å²) in [6.45, 7) is 4.05. The molecule has 25 heavy (non-hydrogen) atoms. The molecule has 6 heteroatoms. The normalized spacial score (nSPS) is 10.8. The highest BCUT2D eigenvalue weighted by atomic mass is 35.5. The van der Waals surface area contributed by atoms with E-state index < -0.39 is 11.5 Å². The van der Waals surface area contributed by atoms with E-state index in [0.29, 0.717) is 28.2 Å². The van der Waals surface area contributed by atoms with E-state index >= 15 is 0 Å². The number of hydrogen-bond acceptors (Lipinski definition) is 3. The minimum absolute atomic E-state index is 0.280. The Kier molecular flexibility index (Phi) is 4.51. The second kappa shape index (κ2) is 6.61. The van der Waals surface area contributed by atoms with Crippen molar-refractivity contribution in [2.75, 3.05) is 5.32 Å². The molecule has 0 aliphatic heterocycles. The average molecular weight is 357 g/mol. The molecule has 0 unspecified atom stereocenters. The summed E-state index contributed by atoms with van der Waals surface area (Å²) >= 11 is 6.07.